The molecule has 0 bridgehead atoms. The molecule has 0 fully saturated rings. The highest BCUT2D eigenvalue weighted by atomic mass is 79.9. The van der Waals surface area contributed by atoms with E-state index in [9.17, 15) is 9.18 Å². The third-order valence-corrected chi connectivity index (χ3v) is 2.71. The number of carbonyl (C=O) groups is 1. The largest absolute Gasteiger partial charge is 0.298 e. The molecule has 2 aromatic rings. The fourth-order valence-electron chi connectivity index (χ4n) is 1.21. The lowest BCUT2D eigenvalue weighted by Gasteiger charge is -2.02. The van der Waals surface area contributed by atoms with Crippen LogP contribution >= 0.6 is 15.9 Å². The van der Waals surface area contributed by atoms with Crippen LogP contribution in [0.5, 0.6) is 0 Å². The predicted octanol–water partition coefficient (Wildman–Crippen LogP) is 2.59. The molecule has 15 heavy (non-hydrogen) atoms. The summed E-state index contributed by atoms with van der Waals surface area (Å²) >= 11 is 3.22. The van der Waals surface area contributed by atoms with E-state index in [0.29, 0.717) is 22.1 Å². The Morgan fingerprint density at radius 3 is 2.87 bits per heavy atom. The molecule has 2 rings (SSSR count). The molecule has 5 heteroatoms. The Hall–Kier alpha value is -1.49. The zero-order valence-corrected chi connectivity index (χ0v) is 9.11. The molecule has 0 unspecified atom stereocenters. The van der Waals surface area contributed by atoms with Crippen molar-refractivity contribution in [3.05, 3.63) is 46.4 Å². The molecule has 0 aliphatic heterocycles. The smallest absolute Gasteiger partial charge is 0.154 e. The molecule has 3 nitrogen and oxygen atoms in total. The summed E-state index contributed by atoms with van der Waals surface area (Å²) < 4.78 is 14.9. The van der Waals surface area contributed by atoms with Crippen LogP contribution in [0.2, 0.25) is 0 Å². The predicted molar refractivity (Wildman–Crippen MR) is 56.6 cm³/mol. The Morgan fingerprint density at radius 2 is 2.27 bits per heavy atom. The number of halogens is 2. The lowest BCUT2D eigenvalue weighted by molar-refractivity contribution is 0.112. The maximum atomic E-state index is 12.9. The van der Waals surface area contributed by atoms with Crippen LogP contribution in [0.3, 0.4) is 0 Å². The summed E-state index contributed by atoms with van der Waals surface area (Å²) in [5.41, 5.74) is 0.995. The molecule has 0 saturated carbocycles. The van der Waals surface area contributed by atoms with Crippen molar-refractivity contribution in [2.75, 3.05) is 0 Å². The van der Waals surface area contributed by atoms with Gasteiger partial charge >= 0.3 is 0 Å². The summed E-state index contributed by atoms with van der Waals surface area (Å²) in [4.78, 5) is 10.6. The second-order valence-corrected chi connectivity index (χ2v) is 3.65. The van der Waals surface area contributed by atoms with Crippen LogP contribution in [0.25, 0.3) is 5.69 Å². The number of rotatable bonds is 2. The molecule has 0 atom stereocenters. The molecule has 0 saturated heterocycles. The van der Waals surface area contributed by atoms with Crippen molar-refractivity contribution in [2.45, 2.75) is 0 Å². The van der Waals surface area contributed by atoms with Crippen LogP contribution in [0.1, 0.15) is 10.4 Å². The molecular formula is C10H6BrFN2O. The first-order chi connectivity index (χ1) is 7.22. The van der Waals surface area contributed by atoms with Crippen LogP contribution in [0.4, 0.5) is 4.39 Å². The average Bonchev–Trinajstić information content (AvgIpc) is 2.59. The topological polar surface area (TPSA) is 34.9 Å². The second kappa shape index (κ2) is 3.94. The van der Waals surface area contributed by atoms with E-state index in [2.05, 4.69) is 21.0 Å². The summed E-state index contributed by atoms with van der Waals surface area (Å²) in [5, 5.41) is 3.97. The zero-order chi connectivity index (χ0) is 10.8. The Balaban J connectivity index is 2.54. The molecule has 0 N–H and O–H groups in total. The van der Waals surface area contributed by atoms with Crippen LogP contribution < -0.4 is 0 Å². The van der Waals surface area contributed by atoms with Gasteiger partial charge in [0.2, 0.25) is 0 Å². The van der Waals surface area contributed by atoms with E-state index in [-0.39, 0.29) is 5.82 Å². The molecule has 0 aliphatic rings. The van der Waals surface area contributed by atoms with Gasteiger partial charge in [-0.1, -0.05) is 6.07 Å². The van der Waals surface area contributed by atoms with E-state index in [4.69, 9.17) is 0 Å². The van der Waals surface area contributed by atoms with Crippen molar-refractivity contribution >= 4 is 22.2 Å². The van der Waals surface area contributed by atoms with Crippen LogP contribution in [-0.2, 0) is 0 Å². The average molecular weight is 269 g/mol. The maximum absolute atomic E-state index is 12.9. The Labute approximate surface area is 93.7 Å². The highest BCUT2D eigenvalue weighted by molar-refractivity contribution is 9.10. The minimum absolute atomic E-state index is 0.345. The van der Waals surface area contributed by atoms with Crippen molar-refractivity contribution in [3.8, 4) is 5.69 Å². The van der Waals surface area contributed by atoms with Gasteiger partial charge in [-0.3, -0.25) is 4.79 Å². The number of hydrogen-bond acceptors (Lipinski definition) is 2. The van der Waals surface area contributed by atoms with Gasteiger partial charge in [0.05, 0.1) is 17.4 Å². The van der Waals surface area contributed by atoms with Gasteiger partial charge in [0.1, 0.15) is 10.4 Å². The quantitative estimate of drug-likeness (QED) is 0.785. The van der Waals surface area contributed by atoms with Gasteiger partial charge < -0.3 is 0 Å². The summed E-state index contributed by atoms with van der Waals surface area (Å²) in [7, 11) is 0. The van der Waals surface area contributed by atoms with Crippen LogP contribution in [0.15, 0.2) is 35.1 Å². The van der Waals surface area contributed by atoms with Gasteiger partial charge in [-0.2, -0.15) is 5.10 Å². The van der Waals surface area contributed by atoms with Crippen molar-refractivity contribution in [1.29, 1.82) is 0 Å². The summed E-state index contributed by atoms with van der Waals surface area (Å²) in [6.45, 7) is 0. The maximum Gasteiger partial charge on any atom is 0.154 e. The second-order valence-electron chi connectivity index (χ2n) is 2.90. The zero-order valence-electron chi connectivity index (χ0n) is 7.52. The first-order valence-electron chi connectivity index (χ1n) is 4.17. The van der Waals surface area contributed by atoms with Gasteiger partial charge in [0, 0.05) is 0 Å². The lowest BCUT2D eigenvalue weighted by atomic mass is 10.3. The van der Waals surface area contributed by atoms with Gasteiger partial charge in [0.25, 0.3) is 0 Å². The fourth-order valence-corrected chi connectivity index (χ4v) is 1.71. The number of carbonyl (C=O) groups excluding carboxylic acids is 1. The van der Waals surface area contributed by atoms with Crippen molar-refractivity contribution in [3.63, 3.8) is 0 Å². The minimum Gasteiger partial charge on any atom is -0.298 e. The molecule has 0 amide bonds. The number of aromatic nitrogens is 2. The Bertz CT molecular complexity index is 510. The van der Waals surface area contributed by atoms with Gasteiger partial charge in [-0.25, -0.2) is 9.07 Å². The monoisotopic (exact) mass is 268 g/mol. The van der Waals surface area contributed by atoms with E-state index >= 15 is 0 Å². The minimum atomic E-state index is -0.345. The molecule has 76 valence electrons. The first-order valence-corrected chi connectivity index (χ1v) is 4.96. The highest BCUT2D eigenvalue weighted by Crippen LogP contribution is 2.19. The van der Waals surface area contributed by atoms with Gasteiger partial charge in [0.15, 0.2) is 6.29 Å². The standard InChI is InChI=1S/C10H6BrFN2O/c11-10-7(6-15)5-13-14(10)9-3-1-2-8(12)4-9/h1-6H. The third-order valence-electron chi connectivity index (χ3n) is 1.92. The SMILES string of the molecule is O=Cc1cnn(-c2cccc(F)c2)c1Br. The number of benzene rings is 1. The summed E-state index contributed by atoms with van der Waals surface area (Å²) in [6.07, 6.45) is 2.11. The van der Waals surface area contributed by atoms with Crippen molar-refractivity contribution < 1.29 is 9.18 Å². The molecule has 1 aromatic heterocycles. The molecule has 0 radical (unpaired) electrons. The van der Waals surface area contributed by atoms with Crippen LogP contribution in [-0.4, -0.2) is 16.1 Å². The highest BCUT2D eigenvalue weighted by Gasteiger charge is 2.08. The van der Waals surface area contributed by atoms with E-state index in [0.717, 1.165) is 0 Å². The van der Waals surface area contributed by atoms with E-state index in [1.165, 1.54) is 23.0 Å². The first kappa shape index (κ1) is 10.0. The number of hydrogen-bond donors (Lipinski definition) is 0. The molecule has 0 aliphatic carbocycles. The molecule has 1 heterocycles. The number of nitrogens with zero attached hydrogens (tertiary/aromatic N) is 2. The van der Waals surface area contributed by atoms with Crippen molar-refractivity contribution in [2.24, 2.45) is 0 Å². The molecule has 1 aromatic carbocycles. The summed E-state index contributed by atoms with van der Waals surface area (Å²) in [5.74, 6) is -0.345. The third kappa shape index (κ3) is 1.83. The molecule has 0 spiro atoms. The summed E-state index contributed by atoms with van der Waals surface area (Å²) in [6, 6.07) is 5.97. The number of aldehydes is 1. The Morgan fingerprint density at radius 1 is 1.47 bits per heavy atom. The van der Waals surface area contributed by atoms with Crippen molar-refractivity contribution in [1.82, 2.24) is 9.78 Å². The van der Waals surface area contributed by atoms with Gasteiger partial charge in [-0.05, 0) is 34.1 Å². The molecular weight excluding hydrogens is 263 g/mol. The lowest BCUT2D eigenvalue weighted by Crippen LogP contribution is -1.97. The van der Waals surface area contributed by atoms with E-state index < -0.39 is 0 Å². The van der Waals surface area contributed by atoms with E-state index in [1.54, 1.807) is 12.1 Å². The Kier molecular flexibility index (Phi) is 2.64. The normalized spacial score (nSPS) is 10.3. The van der Waals surface area contributed by atoms with Crippen LogP contribution in [0, 0.1) is 5.82 Å². The fraction of sp³-hybridized carbons (Fsp3) is 0. The van der Waals surface area contributed by atoms with E-state index in [1.807, 2.05) is 0 Å². The van der Waals surface area contributed by atoms with Gasteiger partial charge in [-0.15, -0.1) is 0 Å².